The predicted octanol–water partition coefficient (Wildman–Crippen LogP) is 2.74. The number of rotatable bonds is 3. The molecule has 1 aromatic heterocycles. The fourth-order valence-corrected chi connectivity index (χ4v) is 2.34. The molecule has 2 aromatic rings. The lowest BCUT2D eigenvalue weighted by Gasteiger charge is -2.09. The zero-order valence-electron chi connectivity index (χ0n) is 11.1. The van der Waals surface area contributed by atoms with Gasteiger partial charge in [-0.3, -0.25) is 4.72 Å². The number of aromatic nitrogens is 1. The van der Waals surface area contributed by atoms with E-state index in [0.717, 1.165) is 23.1 Å². The summed E-state index contributed by atoms with van der Waals surface area (Å²) in [6, 6.07) is 11.7. The van der Waals surface area contributed by atoms with Crippen molar-refractivity contribution in [3.63, 3.8) is 0 Å². The van der Waals surface area contributed by atoms with Crippen LogP contribution >= 0.6 is 0 Å². The molecule has 1 N–H and O–H groups in total. The SMILES string of the molecule is Cc1ccc(-c2ccc(NS(C)(=O)=O)nc2C)cc1. The Labute approximate surface area is 113 Å². The molecule has 0 saturated heterocycles. The van der Waals surface area contributed by atoms with Crippen LogP contribution in [0.4, 0.5) is 5.82 Å². The minimum atomic E-state index is -3.29. The van der Waals surface area contributed by atoms with Crippen LogP contribution in [0.3, 0.4) is 0 Å². The maximum absolute atomic E-state index is 11.2. The minimum Gasteiger partial charge on any atom is -0.268 e. The molecule has 0 aliphatic carbocycles. The van der Waals surface area contributed by atoms with E-state index in [2.05, 4.69) is 9.71 Å². The highest BCUT2D eigenvalue weighted by atomic mass is 32.2. The van der Waals surface area contributed by atoms with E-state index in [9.17, 15) is 8.42 Å². The summed E-state index contributed by atoms with van der Waals surface area (Å²) in [4.78, 5) is 4.27. The summed E-state index contributed by atoms with van der Waals surface area (Å²) in [6.45, 7) is 3.90. The minimum absolute atomic E-state index is 0.343. The van der Waals surface area contributed by atoms with Gasteiger partial charge in [0.25, 0.3) is 0 Å². The molecule has 5 heteroatoms. The van der Waals surface area contributed by atoms with Crippen LogP contribution in [0, 0.1) is 13.8 Å². The number of nitrogens with one attached hydrogen (secondary N) is 1. The summed E-state index contributed by atoms with van der Waals surface area (Å²) in [5.41, 5.74) is 4.06. The average Bonchev–Trinajstić information content (AvgIpc) is 2.29. The largest absolute Gasteiger partial charge is 0.268 e. The van der Waals surface area contributed by atoms with Gasteiger partial charge in [0, 0.05) is 11.3 Å². The van der Waals surface area contributed by atoms with Crippen LogP contribution in [0.25, 0.3) is 11.1 Å². The van der Waals surface area contributed by atoms with Crippen molar-refractivity contribution in [2.24, 2.45) is 0 Å². The van der Waals surface area contributed by atoms with Crippen LogP contribution in [0.15, 0.2) is 36.4 Å². The Morgan fingerprint density at radius 3 is 2.16 bits per heavy atom. The molecule has 0 atom stereocenters. The maximum atomic E-state index is 11.2. The van der Waals surface area contributed by atoms with Crippen molar-refractivity contribution >= 4 is 15.8 Å². The van der Waals surface area contributed by atoms with E-state index in [1.54, 1.807) is 6.07 Å². The number of sulfonamides is 1. The number of pyridine rings is 1. The number of aryl methyl sites for hydroxylation is 2. The molecule has 0 amide bonds. The van der Waals surface area contributed by atoms with E-state index in [1.165, 1.54) is 5.56 Å². The molecule has 0 fully saturated rings. The summed E-state index contributed by atoms with van der Waals surface area (Å²) in [5, 5.41) is 0. The molecule has 0 aliphatic heterocycles. The molecule has 0 spiro atoms. The molecular weight excluding hydrogens is 260 g/mol. The second kappa shape index (κ2) is 5.01. The van der Waals surface area contributed by atoms with Crippen LogP contribution in [0.2, 0.25) is 0 Å². The second-order valence-corrected chi connectivity index (χ2v) is 6.32. The Morgan fingerprint density at radius 1 is 1.00 bits per heavy atom. The fraction of sp³-hybridized carbons (Fsp3) is 0.214. The Balaban J connectivity index is 2.37. The van der Waals surface area contributed by atoms with Gasteiger partial charge in [-0.15, -0.1) is 0 Å². The van der Waals surface area contributed by atoms with E-state index in [-0.39, 0.29) is 0 Å². The molecular formula is C14H16N2O2S. The summed E-state index contributed by atoms with van der Waals surface area (Å²) in [7, 11) is -3.29. The second-order valence-electron chi connectivity index (χ2n) is 4.57. The van der Waals surface area contributed by atoms with Gasteiger partial charge in [-0.25, -0.2) is 13.4 Å². The molecule has 0 radical (unpaired) electrons. The third-order valence-electron chi connectivity index (χ3n) is 2.74. The van der Waals surface area contributed by atoms with Crippen molar-refractivity contribution in [3.8, 4) is 11.1 Å². The molecule has 100 valence electrons. The Morgan fingerprint density at radius 2 is 1.63 bits per heavy atom. The number of nitrogens with zero attached hydrogens (tertiary/aromatic N) is 1. The summed E-state index contributed by atoms with van der Waals surface area (Å²) in [5.74, 6) is 0.343. The van der Waals surface area contributed by atoms with Crippen molar-refractivity contribution in [2.45, 2.75) is 13.8 Å². The van der Waals surface area contributed by atoms with Gasteiger partial charge in [0.15, 0.2) is 0 Å². The maximum Gasteiger partial charge on any atom is 0.230 e. The first-order valence-electron chi connectivity index (χ1n) is 5.87. The summed E-state index contributed by atoms with van der Waals surface area (Å²) in [6.07, 6.45) is 1.11. The molecule has 0 aliphatic rings. The van der Waals surface area contributed by atoms with E-state index < -0.39 is 10.0 Å². The fourth-order valence-electron chi connectivity index (χ4n) is 1.85. The molecule has 1 heterocycles. The van der Waals surface area contributed by atoms with Gasteiger partial charge < -0.3 is 0 Å². The highest BCUT2D eigenvalue weighted by Gasteiger charge is 2.07. The molecule has 2 rings (SSSR count). The number of anilines is 1. The van der Waals surface area contributed by atoms with Gasteiger partial charge in [-0.1, -0.05) is 29.8 Å². The number of benzene rings is 1. The highest BCUT2D eigenvalue weighted by Crippen LogP contribution is 2.24. The lowest BCUT2D eigenvalue weighted by atomic mass is 10.0. The predicted molar refractivity (Wildman–Crippen MR) is 77.6 cm³/mol. The van der Waals surface area contributed by atoms with Gasteiger partial charge in [-0.2, -0.15) is 0 Å². The third kappa shape index (κ3) is 3.54. The molecule has 0 saturated carbocycles. The molecule has 19 heavy (non-hydrogen) atoms. The first-order valence-corrected chi connectivity index (χ1v) is 7.77. The van der Waals surface area contributed by atoms with Crippen molar-refractivity contribution in [1.29, 1.82) is 0 Å². The molecule has 0 bridgehead atoms. The van der Waals surface area contributed by atoms with Crippen LogP contribution in [0.1, 0.15) is 11.3 Å². The van der Waals surface area contributed by atoms with Gasteiger partial charge in [0.1, 0.15) is 5.82 Å². The van der Waals surface area contributed by atoms with Gasteiger partial charge in [-0.05, 0) is 31.5 Å². The number of hydrogen-bond acceptors (Lipinski definition) is 3. The quantitative estimate of drug-likeness (QED) is 0.937. The third-order valence-corrected chi connectivity index (χ3v) is 3.32. The van der Waals surface area contributed by atoms with Gasteiger partial charge in [0.2, 0.25) is 10.0 Å². The van der Waals surface area contributed by atoms with E-state index in [1.807, 2.05) is 44.2 Å². The van der Waals surface area contributed by atoms with E-state index in [4.69, 9.17) is 0 Å². The lowest BCUT2D eigenvalue weighted by Crippen LogP contribution is -2.11. The van der Waals surface area contributed by atoms with Crippen molar-refractivity contribution in [2.75, 3.05) is 11.0 Å². The van der Waals surface area contributed by atoms with E-state index in [0.29, 0.717) is 5.82 Å². The smallest absolute Gasteiger partial charge is 0.230 e. The van der Waals surface area contributed by atoms with Crippen molar-refractivity contribution in [1.82, 2.24) is 4.98 Å². The van der Waals surface area contributed by atoms with Crippen molar-refractivity contribution in [3.05, 3.63) is 47.7 Å². The van der Waals surface area contributed by atoms with Gasteiger partial charge >= 0.3 is 0 Å². The lowest BCUT2D eigenvalue weighted by molar-refractivity contribution is 0.606. The Bertz CT molecular complexity index is 692. The van der Waals surface area contributed by atoms with Crippen LogP contribution < -0.4 is 4.72 Å². The summed E-state index contributed by atoms with van der Waals surface area (Å²) >= 11 is 0. The highest BCUT2D eigenvalue weighted by molar-refractivity contribution is 7.92. The Hall–Kier alpha value is -1.88. The first kappa shape index (κ1) is 13.5. The van der Waals surface area contributed by atoms with Crippen LogP contribution in [-0.4, -0.2) is 19.7 Å². The average molecular weight is 276 g/mol. The van der Waals surface area contributed by atoms with E-state index >= 15 is 0 Å². The van der Waals surface area contributed by atoms with Crippen molar-refractivity contribution < 1.29 is 8.42 Å². The molecule has 4 nitrogen and oxygen atoms in total. The Kier molecular flexibility index (Phi) is 3.57. The van der Waals surface area contributed by atoms with Crippen LogP contribution in [-0.2, 0) is 10.0 Å². The standard InChI is InChI=1S/C14H16N2O2S/c1-10-4-6-12(7-5-10)13-8-9-14(15-11(13)2)16-19(3,17)18/h4-9H,1-3H3,(H,15,16). The molecule has 1 aromatic carbocycles. The number of hydrogen-bond donors (Lipinski definition) is 1. The monoisotopic (exact) mass is 276 g/mol. The van der Waals surface area contributed by atoms with Crippen LogP contribution in [0.5, 0.6) is 0 Å². The zero-order valence-corrected chi connectivity index (χ0v) is 12.0. The van der Waals surface area contributed by atoms with Gasteiger partial charge in [0.05, 0.1) is 6.26 Å². The topological polar surface area (TPSA) is 59.1 Å². The summed E-state index contributed by atoms with van der Waals surface area (Å²) < 4.78 is 24.7. The normalized spacial score (nSPS) is 11.3. The molecule has 0 unspecified atom stereocenters. The zero-order chi connectivity index (χ0) is 14.0. The first-order chi connectivity index (χ1) is 8.85.